The fraction of sp³-hybridized carbons (Fsp3) is 0.0833. The molecule has 0 aliphatic heterocycles. The second-order valence-corrected chi connectivity index (χ2v) is 8.23. The van der Waals surface area contributed by atoms with E-state index in [2.05, 4.69) is 20.6 Å². The second-order valence-electron chi connectivity index (χ2n) is 7.30. The molecule has 0 aliphatic rings. The number of aromatic nitrogens is 4. The number of fused-ring (bicyclic) bond motifs is 1. The van der Waals surface area contributed by atoms with Crippen LogP contribution in [-0.4, -0.2) is 25.9 Å². The van der Waals surface area contributed by atoms with Crippen LogP contribution in [0.5, 0.6) is 0 Å². The highest BCUT2D eigenvalue weighted by molar-refractivity contribution is 7.98. The number of para-hydroxylation sites is 2. The topological polar surface area (TPSA) is 85.8 Å². The van der Waals surface area contributed by atoms with Gasteiger partial charge in [-0.25, -0.2) is 14.1 Å². The van der Waals surface area contributed by atoms with Crippen LogP contribution in [-0.2, 0) is 12.3 Å². The van der Waals surface area contributed by atoms with Gasteiger partial charge < -0.3 is 9.73 Å². The Hall–Kier alpha value is -3.98. The lowest BCUT2D eigenvalue weighted by molar-refractivity contribution is 0.102. The lowest BCUT2D eigenvalue weighted by atomic mass is 10.1. The number of thioether (sulfide) groups is 1. The average molecular weight is 460 g/mol. The number of rotatable bonds is 7. The zero-order valence-corrected chi connectivity index (χ0v) is 18.1. The molecule has 3 aromatic carbocycles. The first-order valence-electron chi connectivity index (χ1n) is 10.2. The van der Waals surface area contributed by atoms with Gasteiger partial charge >= 0.3 is 0 Å². The molecular formula is C24H18FN5O2S. The number of halogens is 1. The molecule has 5 rings (SSSR count). The molecule has 0 aliphatic carbocycles. The van der Waals surface area contributed by atoms with Gasteiger partial charge in [0.05, 0.1) is 12.2 Å². The smallest absolute Gasteiger partial charge is 0.257 e. The van der Waals surface area contributed by atoms with E-state index in [0.29, 0.717) is 28.8 Å². The molecule has 1 N–H and O–H groups in total. The molecule has 0 fully saturated rings. The molecule has 2 heterocycles. The summed E-state index contributed by atoms with van der Waals surface area (Å²) in [5.41, 5.74) is 4.44. The SMILES string of the molecule is O=C(Nc1ccc(F)cc1)c1ccc(Cn2cc(CSc3nc4ccccc4o3)nn2)cc1. The van der Waals surface area contributed by atoms with Gasteiger partial charge in [0.1, 0.15) is 11.3 Å². The number of carbonyl (C=O) groups excluding carboxylic acids is 1. The molecule has 5 aromatic rings. The van der Waals surface area contributed by atoms with Crippen molar-refractivity contribution >= 4 is 34.5 Å². The summed E-state index contributed by atoms with van der Waals surface area (Å²) in [7, 11) is 0. The largest absolute Gasteiger partial charge is 0.431 e. The van der Waals surface area contributed by atoms with Crippen molar-refractivity contribution in [3.63, 3.8) is 0 Å². The summed E-state index contributed by atoms with van der Waals surface area (Å²) in [4.78, 5) is 16.8. The summed E-state index contributed by atoms with van der Waals surface area (Å²) in [5.74, 6) is -0.0131. The van der Waals surface area contributed by atoms with Crippen LogP contribution in [0.4, 0.5) is 10.1 Å². The van der Waals surface area contributed by atoms with Crippen molar-refractivity contribution in [3.05, 3.63) is 102 Å². The molecule has 33 heavy (non-hydrogen) atoms. The molecule has 0 saturated heterocycles. The third-order valence-electron chi connectivity index (χ3n) is 4.87. The molecule has 9 heteroatoms. The normalized spacial score (nSPS) is 11.1. The monoisotopic (exact) mass is 459 g/mol. The molecule has 0 bridgehead atoms. The third kappa shape index (κ3) is 5.09. The number of oxazole rings is 1. The number of benzene rings is 3. The highest BCUT2D eigenvalue weighted by Gasteiger charge is 2.10. The highest BCUT2D eigenvalue weighted by Crippen LogP contribution is 2.25. The number of anilines is 1. The zero-order chi connectivity index (χ0) is 22.6. The molecule has 2 aromatic heterocycles. The van der Waals surface area contributed by atoms with E-state index in [1.165, 1.54) is 36.0 Å². The van der Waals surface area contributed by atoms with Crippen molar-refractivity contribution < 1.29 is 13.6 Å². The molecule has 0 unspecified atom stereocenters. The molecule has 0 atom stereocenters. The van der Waals surface area contributed by atoms with Crippen LogP contribution < -0.4 is 5.32 Å². The summed E-state index contributed by atoms with van der Waals surface area (Å²) >= 11 is 1.47. The van der Waals surface area contributed by atoms with Crippen molar-refractivity contribution in [2.45, 2.75) is 17.5 Å². The average Bonchev–Trinajstić information content (AvgIpc) is 3.46. The first kappa shape index (κ1) is 20.9. The Morgan fingerprint density at radius 3 is 2.61 bits per heavy atom. The molecule has 0 spiro atoms. The van der Waals surface area contributed by atoms with Gasteiger partial charge in [-0.05, 0) is 54.1 Å². The van der Waals surface area contributed by atoms with E-state index in [1.807, 2.05) is 42.6 Å². The van der Waals surface area contributed by atoms with E-state index in [-0.39, 0.29) is 11.7 Å². The lowest BCUT2D eigenvalue weighted by Gasteiger charge is -2.06. The van der Waals surface area contributed by atoms with E-state index in [9.17, 15) is 9.18 Å². The Morgan fingerprint density at radius 2 is 1.82 bits per heavy atom. The maximum atomic E-state index is 13.0. The van der Waals surface area contributed by atoms with Crippen LogP contribution in [0.1, 0.15) is 21.6 Å². The second kappa shape index (κ2) is 9.25. The standard InChI is InChI=1S/C24H18FN5O2S/c25-18-9-11-19(12-10-18)26-23(31)17-7-5-16(6-8-17)13-30-14-20(28-29-30)15-33-24-27-21-3-1-2-4-22(21)32-24/h1-12,14H,13,15H2,(H,26,31). The summed E-state index contributed by atoms with van der Waals surface area (Å²) in [6, 6.07) is 20.5. The number of carbonyl (C=O) groups is 1. The van der Waals surface area contributed by atoms with E-state index in [4.69, 9.17) is 4.42 Å². The van der Waals surface area contributed by atoms with E-state index >= 15 is 0 Å². The van der Waals surface area contributed by atoms with Gasteiger partial charge in [0.25, 0.3) is 11.1 Å². The number of amides is 1. The first-order valence-corrected chi connectivity index (χ1v) is 11.1. The predicted molar refractivity (Wildman–Crippen MR) is 123 cm³/mol. The van der Waals surface area contributed by atoms with Crippen LogP contribution in [0.2, 0.25) is 0 Å². The summed E-state index contributed by atoms with van der Waals surface area (Å²) in [6.07, 6.45) is 1.88. The van der Waals surface area contributed by atoms with Crippen LogP contribution >= 0.6 is 11.8 Å². The van der Waals surface area contributed by atoms with Gasteiger partial charge in [-0.1, -0.05) is 41.2 Å². The number of hydrogen-bond acceptors (Lipinski definition) is 6. The Morgan fingerprint density at radius 1 is 1.03 bits per heavy atom. The fourth-order valence-electron chi connectivity index (χ4n) is 3.22. The van der Waals surface area contributed by atoms with Gasteiger partial charge in [0.2, 0.25) is 0 Å². The van der Waals surface area contributed by atoms with Gasteiger partial charge in [-0.15, -0.1) is 5.10 Å². The van der Waals surface area contributed by atoms with Gasteiger partial charge in [0, 0.05) is 23.2 Å². The Balaban J connectivity index is 1.17. The zero-order valence-electron chi connectivity index (χ0n) is 17.3. The molecule has 7 nitrogen and oxygen atoms in total. The highest BCUT2D eigenvalue weighted by atomic mass is 32.2. The Labute approximate surface area is 192 Å². The minimum atomic E-state index is -0.349. The van der Waals surface area contributed by atoms with Crippen LogP contribution in [0.25, 0.3) is 11.1 Å². The molecule has 0 saturated carbocycles. The fourth-order valence-corrected chi connectivity index (χ4v) is 3.93. The van der Waals surface area contributed by atoms with Gasteiger partial charge in [-0.2, -0.15) is 0 Å². The number of hydrogen-bond donors (Lipinski definition) is 1. The molecular weight excluding hydrogens is 441 g/mol. The number of nitrogens with one attached hydrogen (secondary N) is 1. The Bertz CT molecular complexity index is 1360. The van der Waals surface area contributed by atoms with Crippen molar-refractivity contribution in [2.24, 2.45) is 0 Å². The maximum absolute atomic E-state index is 13.0. The maximum Gasteiger partial charge on any atom is 0.257 e. The summed E-state index contributed by atoms with van der Waals surface area (Å²) < 4.78 is 20.5. The quantitative estimate of drug-likeness (QED) is 0.339. The lowest BCUT2D eigenvalue weighted by Crippen LogP contribution is -2.12. The van der Waals surface area contributed by atoms with Gasteiger partial charge in [-0.3, -0.25) is 4.79 Å². The number of nitrogens with zero attached hydrogens (tertiary/aromatic N) is 4. The van der Waals surface area contributed by atoms with Gasteiger partial charge in [0.15, 0.2) is 5.58 Å². The van der Waals surface area contributed by atoms with Crippen molar-refractivity contribution in [3.8, 4) is 0 Å². The summed E-state index contributed by atoms with van der Waals surface area (Å²) in [6.45, 7) is 0.528. The minimum absolute atomic E-state index is 0.257. The molecule has 164 valence electrons. The van der Waals surface area contributed by atoms with Crippen LogP contribution in [0.15, 0.2) is 88.6 Å². The Kier molecular flexibility index (Phi) is 5.86. The minimum Gasteiger partial charge on any atom is -0.431 e. The molecule has 0 radical (unpaired) electrons. The van der Waals surface area contributed by atoms with Crippen LogP contribution in [0, 0.1) is 5.82 Å². The van der Waals surface area contributed by atoms with Crippen molar-refractivity contribution in [2.75, 3.05) is 5.32 Å². The van der Waals surface area contributed by atoms with E-state index < -0.39 is 0 Å². The van der Waals surface area contributed by atoms with E-state index in [1.54, 1.807) is 16.8 Å². The van der Waals surface area contributed by atoms with Crippen LogP contribution in [0.3, 0.4) is 0 Å². The van der Waals surface area contributed by atoms with E-state index in [0.717, 1.165) is 22.4 Å². The molecule has 1 amide bonds. The van der Waals surface area contributed by atoms with Crippen molar-refractivity contribution in [1.29, 1.82) is 0 Å². The first-order chi connectivity index (χ1) is 16.1. The summed E-state index contributed by atoms with van der Waals surface area (Å²) in [5, 5.41) is 11.7. The van der Waals surface area contributed by atoms with Crippen molar-refractivity contribution in [1.82, 2.24) is 20.0 Å². The predicted octanol–water partition coefficient (Wildman–Crippen LogP) is 5.15. The third-order valence-corrected chi connectivity index (χ3v) is 5.73.